The van der Waals surface area contributed by atoms with Crippen molar-refractivity contribution in [2.24, 2.45) is 0 Å². The van der Waals surface area contributed by atoms with Crippen LogP contribution in [-0.2, 0) is 17.6 Å². The maximum absolute atomic E-state index is 12.7. The van der Waals surface area contributed by atoms with Crippen LogP contribution in [0.5, 0.6) is 5.75 Å². The lowest BCUT2D eigenvalue weighted by atomic mass is 9.93. The minimum Gasteiger partial charge on any atom is -0.484 e. The number of carbonyl (C=O) groups excluding carboxylic acids is 1. The highest BCUT2D eigenvalue weighted by atomic mass is 35.5. The van der Waals surface area contributed by atoms with Crippen LogP contribution in [0.4, 0.5) is 0 Å². The molecule has 0 spiro atoms. The first-order chi connectivity index (χ1) is 15.7. The quantitative estimate of drug-likeness (QED) is 0.579. The molecule has 0 aromatic heterocycles. The number of nitrogens with zero attached hydrogens (tertiary/aromatic N) is 2. The molecule has 0 saturated carbocycles. The van der Waals surface area contributed by atoms with E-state index in [1.807, 2.05) is 4.90 Å². The number of ether oxygens (including phenoxy) is 1. The summed E-state index contributed by atoms with van der Waals surface area (Å²) in [7, 11) is 0. The summed E-state index contributed by atoms with van der Waals surface area (Å²) in [5.74, 6) is 0.689. The van der Waals surface area contributed by atoms with Gasteiger partial charge in [-0.25, -0.2) is 0 Å². The Labute approximate surface area is 194 Å². The van der Waals surface area contributed by atoms with Crippen LogP contribution < -0.4 is 4.74 Å². The summed E-state index contributed by atoms with van der Waals surface area (Å²) >= 11 is 5.91. The van der Waals surface area contributed by atoms with Gasteiger partial charge in [0, 0.05) is 31.2 Å². The molecule has 1 aliphatic heterocycles. The lowest BCUT2D eigenvalue weighted by Crippen LogP contribution is -2.51. The molecule has 0 radical (unpaired) electrons. The molecule has 0 unspecified atom stereocenters. The number of aryl methyl sites for hydroxylation is 2. The normalized spacial score (nSPS) is 16.7. The molecule has 1 amide bonds. The van der Waals surface area contributed by atoms with Gasteiger partial charge in [0.1, 0.15) is 5.75 Å². The van der Waals surface area contributed by atoms with Crippen LogP contribution in [0.15, 0.2) is 72.8 Å². The molecule has 32 heavy (non-hydrogen) atoms. The molecule has 2 aliphatic rings. The molecule has 3 aromatic rings. The molecule has 5 rings (SSSR count). The number of benzene rings is 3. The van der Waals surface area contributed by atoms with Gasteiger partial charge in [-0.3, -0.25) is 9.69 Å². The van der Waals surface area contributed by atoms with Crippen molar-refractivity contribution in [2.45, 2.75) is 18.9 Å². The highest BCUT2D eigenvalue weighted by molar-refractivity contribution is 6.30. The summed E-state index contributed by atoms with van der Waals surface area (Å²) in [6.07, 6.45) is 2.15. The van der Waals surface area contributed by atoms with Crippen LogP contribution in [0.2, 0.25) is 5.02 Å². The van der Waals surface area contributed by atoms with Crippen LogP contribution in [0.3, 0.4) is 0 Å². The van der Waals surface area contributed by atoms with Crippen LogP contribution in [0, 0.1) is 0 Å². The lowest BCUT2D eigenvalue weighted by molar-refractivity contribution is -0.135. The van der Waals surface area contributed by atoms with Crippen molar-refractivity contribution in [3.8, 4) is 5.75 Å². The van der Waals surface area contributed by atoms with Gasteiger partial charge in [0.15, 0.2) is 6.61 Å². The number of hydrogen-bond donors (Lipinski definition) is 0. The number of carbonyl (C=O) groups is 1. The molecule has 0 N–H and O–H groups in total. The van der Waals surface area contributed by atoms with Gasteiger partial charge >= 0.3 is 0 Å². The van der Waals surface area contributed by atoms with Crippen molar-refractivity contribution < 1.29 is 9.53 Å². The Hall–Kier alpha value is -2.82. The Morgan fingerprint density at radius 1 is 0.812 bits per heavy atom. The van der Waals surface area contributed by atoms with Crippen molar-refractivity contribution in [2.75, 3.05) is 32.8 Å². The fourth-order valence-corrected chi connectivity index (χ4v) is 5.01. The summed E-state index contributed by atoms with van der Waals surface area (Å²) in [4.78, 5) is 17.2. The first kappa shape index (κ1) is 21.0. The second-order valence-corrected chi connectivity index (χ2v) is 8.90. The first-order valence-electron chi connectivity index (χ1n) is 11.2. The van der Waals surface area contributed by atoms with Crippen molar-refractivity contribution >= 4 is 17.5 Å². The monoisotopic (exact) mass is 446 g/mol. The van der Waals surface area contributed by atoms with Gasteiger partial charge in [-0.05, 0) is 59.4 Å². The van der Waals surface area contributed by atoms with Crippen molar-refractivity contribution in [1.82, 2.24) is 9.80 Å². The fraction of sp³-hybridized carbons (Fsp3) is 0.296. The zero-order chi connectivity index (χ0) is 21.9. The van der Waals surface area contributed by atoms with E-state index in [0.29, 0.717) is 23.9 Å². The number of hydrogen-bond acceptors (Lipinski definition) is 3. The molecular weight excluding hydrogens is 420 g/mol. The SMILES string of the molecule is O=C(COc1ccc(Cl)cc1)N1CCN(C2c3ccccc3CCc3ccccc32)CC1. The topological polar surface area (TPSA) is 32.8 Å². The van der Waals surface area contributed by atoms with E-state index >= 15 is 0 Å². The average Bonchev–Trinajstić information content (AvgIpc) is 3.01. The lowest BCUT2D eigenvalue weighted by Gasteiger charge is -2.40. The summed E-state index contributed by atoms with van der Waals surface area (Å²) in [5, 5.41) is 0.654. The maximum atomic E-state index is 12.7. The maximum Gasteiger partial charge on any atom is 0.260 e. The second-order valence-electron chi connectivity index (χ2n) is 8.46. The Morgan fingerprint density at radius 3 is 1.97 bits per heavy atom. The highest BCUT2D eigenvalue weighted by Crippen LogP contribution is 2.37. The Morgan fingerprint density at radius 2 is 1.38 bits per heavy atom. The number of halogens is 1. The minimum absolute atomic E-state index is 0.0290. The number of amides is 1. The van der Waals surface area contributed by atoms with E-state index in [-0.39, 0.29) is 18.6 Å². The molecule has 5 heteroatoms. The van der Waals surface area contributed by atoms with E-state index in [1.54, 1.807) is 24.3 Å². The van der Waals surface area contributed by atoms with E-state index in [0.717, 1.165) is 25.9 Å². The van der Waals surface area contributed by atoms with Crippen LogP contribution in [0.1, 0.15) is 28.3 Å². The molecule has 164 valence electrons. The third-order valence-corrected chi connectivity index (χ3v) is 6.82. The summed E-state index contributed by atoms with van der Waals surface area (Å²) in [6, 6.07) is 25.0. The molecule has 1 fully saturated rings. The van der Waals surface area contributed by atoms with Crippen molar-refractivity contribution in [3.63, 3.8) is 0 Å². The number of piperazine rings is 1. The van der Waals surface area contributed by atoms with Crippen LogP contribution in [-0.4, -0.2) is 48.5 Å². The molecule has 3 aromatic carbocycles. The van der Waals surface area contributed by atoms with E-state index in [1.165, 1.54) is 22.3 Å². The summed E-state index contributed by atoms with van der Waals surface area (Å²) in [5.41, 5.74) is 5.68. The smallest absolute Gasteiger partial charge is 0.260 e. The zero-order valence-electron chi connectivity index (χ0n) is 18.0. The summed E-state index contributed by atoms with van der Waals surface area (Å²) < 4.78 is 5.67. The van der Waals surface area contributed by atoms with Crippen LogP contribution in [0.25, 0.3) is 0 Å². The Kier molecular flexibility index (Phi) is 6.15. The molecule has 0 atom stereocenters. The number of fused-ring (bicyclic) bond motifs is 2. The molecule has 0 bridgehead atoms. The van der Waals surface area contributed by atoms with Gasteiger partial charge in [0.2, 0.25) is 0 Å². The van der Waals surface area contributed by atoms with Gasteiger partial charge in [-0.15, -0.1) is 0 Å². The Balaban J connectivity index is 1.28. The second kappa shape index (κ2) is 9.35. The van der Waals surface area contributed by atoms with Crippen LogP contribution >= 0.6 is 11.6 Å². The molecular formula is C27H27ClN2O2. The first-order valence-corrected chi connectivity index (χ1v) is 11.6. The highest BCUT2D eigenvalue weighted by Gasteiger charge is 2.31. The van der Waals surface area contributed by atoms with E-state index in [2.05, 4.69) is 53.4 Å². The summed E-state index contributed by atoms with van der Waals surface area (Å²) in [6.45, 7) is 3.17. The van der Waals surface area contributed by atoms with E-state index in [9.17, 15) is 4.79 Å². The average molecular weight is 447 g/mol. The van der Waals surface area contributed by atoms with Crippen molar-refractivity contribution in [1.29, 1.82) is 0 Å². The molecule has 4 nitrogen and oxygen atoms in total. The van der Waals surface area contributed by atoms with Crippen molar-refractivity contribution in [3.05, 3.63) is 100 Å². The van der Waals surface area contributed by atoms with E-state index < -0.39 is 0 Å². The zero-order valence-corrected chi connectivity index (χ0v) is 18.8. The van der Waals surface area contributed by atoms with E-state index in [4.69, 9.17) is 16.3 Å². The predicted molar refractivity (Wildman–Crippen MR) is 127 cm³/mol. The molecule has 1 aliphatic carbocycles. The largest absolute Gasteiger partial charge is 0.484 e. The predicted octanol–water partition coefficient (Wildman–Crippen LogP) is 4.75. The van der Waals surface area contributed by atoms with Gasteiger partial charge in [0.25, 0.3) is 5.91 Å². The number of rotatable bonds is 4. The standard InChI is InChI=1S/C27H27ClN2O2/c28-22-11-13-23(14-12-22)32-19-26(31)29-15-17-30(18-16-29)27-24-7-3-1-5-20(24)9-10-21-6-2-4-8-25(21)27/h1-8,11-14,27H,9-10,15-19H2. The van der Waals surface area contributed by atoms with Gasteiger partial charge in [-0.1, -0.05) is 60.1 Å². The third-order valence-electron chi connectivity index (χ3n) is 6.57. The third kappa shape index (κ3) is 4.38. The fourth-order valence-electron chi connectivity index (χ4n) is 4.88. The minimum atomic E-state index is 0.0290. The van der Waals surface area contributed by atoms with Gasteiger partial charge in [0.05, 0.1) is 6.04 Å². The molecule has 1 saturated heterocycles. The van der Waals surface area contributed by atoms with Gasteiger partial charge in [-0.2, -0.15) is 0 Å². The Bertz CT molecular complexity index is 1040. The molecule has 1 heterocycles. The van der Waals surface area contributed by atoms with Gasteiger partial charge < -0.3 is 9.64 Å².